The van der Waals surface area contributed by atoms with Crippen LogP contribution in [0.15, 0.2) is 0 Å². The number of hydrogen-bond donors (Lipinski definition) is 0. The third kappa shape index (κ3) is 0.559. The minimum absolute atomic E-state index is 0.0590. The Labute approximate surface area is 71.0 Å². The standard InChI is InChI=1S/C9H12O3/c1-3-6-4(2)8-9(11-6)5(10)7(3)12-8/h3-4,6-9H,1-2H3/t3?,4?,6?,7-,8+,9-/m0/s1. The van der Waals surface area contributed by atoms with Crippen LogP contribution < -0.4 is 0 Å². The summed E-state index contributed by atoms with van der Waals surface area (Å²) in [5.41, 5.74) is 0. The molecule has 0 spiro atoms. The maximum absolute atomic E-state index is 11.5. The zero-order chi connectivity index (χ0) is 8.46. The van der Waals surface area contributed by atoms with Crippen molar-refractivity contribution in [3.05, 3.63) is 0 Å². The molecule has 0 amide bonds. The first-order valence-corrected chi connectivity index (χ1v) is 4.55. The van der Waals surface area contributed by atoms with Gasteiger partial charge in [-0.1, -0.05) is 13.8 Å². The van der Waals surface area contributed by atoms with E-state index in [1.165, 1.54) is 0 Å². The van der Waals surface area contributed by atoms with Crippen LogP contribution in [0.3, 0.4) is 0 Å². The van der Waals surface area contributed by atoms with Crippen molar-refractivity contribution in [3.8, 4) is 0 Å². The third-order valence-corrected chi connectivity index (χ3v) is 3.50. The van der Waals surface area contributed by atoms with Crippen LogP contribution >= 0.6 is 0 Å². The molecule has 4 saturated heterocycles. The molecule has 0 aliphatic carbocycles. The lowest BCUT2D eigenvalue weighted by Crippen LogP contribution is -2.45. The van der Waals surface area contributed by atoms with Crippen molar-refractivity contribution in [2.45, 2.75) is 38.3 Å². The molecule has 6 atom stereocenters. The summed E-state index contributed by atoms with van der Waals surface area (Å²) in [5.74, 6) is 0.822. The topological polar surface area (TPSA) is 35.5 Å². The van der Waals surface area contributed by atoms with Crippen molar-refractivity contribution in [2.24, 2.45) is 11.8 Å². The van der Waals surface area contributed by atoms with Crippen molar-refractivity contribution >= 4 is 5.78 Å². The highest BCUT2D eigenvalue weighted by molar-refractivity contribution is 5.91. The van der Waals surface area contributed by atoms with E-state index in [2.05, 4.69) is 6.92 Å². The second kappa shape index (κ2) is 1.91. The number of carbonyl (C=O) groups is 1. The van der Waals surface area contributed by atoms with Crippen LogP contribution in [-0.2, 0) is 14.3 Å². The Bertz CT molecular complexity index is 244. The molecule has 4 fully saturated rings. The number of hydrogen-bond acceptors (Lipinski definition) is 3. The molecule has 0 saturated carbocycles. The summed E-state index contributed by atoms with van der Waals surface area (Å²) in [7, 11) is 0. The van der Waals surface area contributed by atoms with E-state index in [1.807, 2.05) is 6.92 Å². The van der Waals surface area contributed by atoms with Gasteiger partial charge in [0.2, 0.25) is 0 Å². The summed E-state index contributed by atoms with van der Waals surface area (Å²) in [4.78, 5) is 11.5. The number of ketones is 1. The van der Waals surface area contributed by atoms with Gasteiger partial charge in [-0.05, 0) is 0 Å². The van der Waals surface area contributed by atoms with Crippen molar-refractivity contribution in [1.82, 2.24) is 0 Å². The summed E-state index contributed by atoms with van der Waals surface area (Å²) in [6.07, 6.45) is -0.0682. The molecule has 3 nitrogen and oxygen atoms in total. The van der Waals surface area contributed by atoms with Gasteiger partial charge in [-0.3, -0.25) is 4.79 Å². The van der Waals surface area contributed by atoms with Crippen molar-refractivity contribution in [1.29, 1.82) is 0 Å². The van der Waals surface area contributed by atoms with E-state index in [-0.39, 0.29) is 36.1 Å². The maximum atomic E-state index is 11.5. The predicted octanol–water partition coefficient (Wildman–Crippen LogP) is 0.376. The Morgan fingerprint density at radius 3 is 2.33 bits per heavy atom. The highest BCUT2D eigenvalue weighted by Gasteiger charge is 2.63. The predicted molar refractivity (Wildman–Crippen MR) is 40.7 cm³/mol. The number of ether oxygens (including phenoxy) is 2. The molecule has 4 aliphatic rings. The Morgan fingerprint density at radius 1 is 1.00 bits per heavy atom. The van der Waals surface area contributed by atoms with Gasteiger partial charge in [0.25, 0.3) is 0 Å². The normalized spacial score (nSPS) is 61.7. The molecular weight excluding hydrogens is 156 g/mol. The van der Waals surface area contributed by atoms with Crippen molar-refractivity contribution in [2.75, 3.05) is 0 Å². The highest BCUT2D eigenvalue weighted by atomic mass is 16.6. The van der Waals surface area contributed by atoms with E-state index >= 15 is 0 Å². The van der Waals surface area contributed by atoms with E-state index in [4.69, 9.17) is 9.47 Å². The van der Waals surface area contributed by atoms with Gasteiger partial charge in [0, 0.05) is 11.8 Å². The Hall–Kier alpha value is -0.410. The SMILES string of the molecule is CC1C2O[C@H]3C(=O)[C@H]1O[C@@H]3C2C. The molecule has 66 valence electrons. The largest absolute Gasteiger partial charge is 0.364 e. The number of Topliss-reactive ketones (excluding diaryl/α,β-unsaturated/α-hetero) is 1. The average molecular weight is 168 g/mol. The van der Waals surface area contributed by atoms with Crippen LogP contribution in [0.25, 0.3) is 0 Å². The minimum Gasteiger partial charge on any atom is -0.364 e. The average Bonchev–Trinajstić information content (AvgIpc) is 2.43. The van der Waals surface area contributed by atoms with Crippen LogP contribution in [0.1, 0.15) is 13.8 Å². The molecule has 4 rings (SSSR count). The van der Waals surface area contributed by atoms with Gasteiger partial charge in [0.1, 0.15) is 12.2 Å². The van der Waals surface area contributed by atoms with E-state index in [1.54, 1.807) is 0 Å². The van der Waals surface area contributed by atoms with E-state index < -0.39 is 0 Å². The molecule has 0 radical (unpaired) electrons. The highest BCUT2D eigenvalue weighted by Crippen LogP contribution is 2.47. The first-order chi connectivity index (χ1) is 5.70. The van der Waals surface area contributed by atoms with E-state index in [0.717, 1.165) is 0 Å². The van der Waals surface area contributed by atoms with Crippen LogP contribution in [0.5, 0.6) is 0 Å². The van der Waals surface area contributed by atoms with Crippen molar-refractivity contribution in [3.63, 3.8) is 0 Å². The third-order valence-electron chi connectivity index (χ3n) is 3.50. The van der Waals surface area contributed by atoms with E-state index in [9.17, 15) is 4.79 Å². The first-order valence-electron chi connectivity index (χ1n) is 4.55. The van der Waals surface area contributed by atoms with Crippen LogP contribution in [0.2, 0.25) is 0 Å². The molecule has 3 heteroatoms. The minimum atomic E-state index is -0.230. The van der Waals surface area contributed by atoms with Gasteiger partial charge >= 0.3 is 0 Å². The Morgan fingerprint density at radius 2 is 1.67 bits per heavy atom. The lowest BCUT2D eigenvalue weighted by molar-refractivity contribution is -0.151. The molecule has 3 unspecified atom stereocenters. The molecule has 0 aromatic heterocycles. The zero-order valence-electron chi connectivity index (χ0n) is 7.19. The summed E-state index contributed by atoms with van der Waals surface area (Å²) in [5, 5.41) is 0. The maximum Gasteiger partial charge on any atom is 0.193 e. The molecular formula is C9H12O3. The van der Waals surface area contributed by atoms with Gasteiger partial charge in [-0.15, -0.1) is 0 Å². The monoisotopic (exact) mass is 168 g/mol. The summed E-state index contributed by atoms with van der Waals surface area (Å²) < 4.78 is 11.2. The quantitative estimate of drug-likeness (QED) is 0.524. The van der Waals surface area contributed by atoms with E-state index in [0.29, 0.717) is 5.92 Å². The van der Waals surface area contributed by atoms with Crippen molar-refractivity contribution < 1.29 is 14.3 Å². The molecule has 0 N–H and O–H groups in total. The first kappa shape index (κ1) is 7.04. The smallest absolute Gasteiger partial charge is 0.193 e. The molecule has 4 aliphatic heterocycles. The lowest BCUT2D eigenvalue weighted by Gasteiger charge is -2.34. The fourth-order valence-electron chi connectivity index (χ4n) is 2.81. The van der Waals surface area contributed by atoms with Gasteiger partial charge in [0.05, 0.1) is 12.2 Å². The van der Waals surface area contributed by atoms with Gasteiger partial charge in [-0.25, -0.2) is 0 Å². The summed E-state index contributed by atoms with van der Waals surface area (Å²) >= 11 is 0. The van der Waals surface area contributed by atoms with Crippen LogP contribution in [0, 0.1) is 11.8 Å². The fourth-order valence-corrected chi connectivity index (χ4v) is 2.81. The second-order valence-corrected chi connectivity index (χ2v) is 4.16. The Balaban J connectivity index is 2.06. The second-order valence-electron chi connectivity index (χ2n) is 4.16. The van der Waals surface area contributed by atoms with Crippen LogP contribution in [0.4, 0.5) is 0 Å². The fraction of sp³-hybridized carbons (Fsp3) is 0.889. The molecule has 12 heavy (non-hydrogen) atoms. The molecule has 4 heterocycles. The zero-order valence-corrected chi connectivity index (χ0v) is 7.19. The molecule has 0 aromatic carbocycles. The molecule has 0 aromatic rings. The number of carbonyl (C=O) groups excluding carboxylic acids is 1. The Kier molecular flexibility index (Phi) is 1.12. The van der Waals surface area contributed by atoms with Gasteiger partial charge in [0.15, 0.2) is 5.78 Å². The number of rotatable bonds is 0. The van der Waals surface area contributed by atoms with Gasteiger partial charge < -0.3 is 9.47 Å². The summed E-state index contributed by atoms with van der Waals surface area (Å²) in [6, 6.07) is 0. The van der Waals surface area contributed by atoms with Gasteiger partial charge in [-0.2, -0.15) is 0 Å². The van der Waals surface area contributed by atoms with Crippen LogP contribution in [-0.4, -0.2) is 30.2 Å². The molecule has 4 bridgehead atoms. The lowest BCUT2D eigenvalue weighted by atomic mass is 9.87. The summed E-state index contributed by atoms with van der Waals surface area (Å²) in [6.45, 7) is 4.15.